The van der Waals surface area contributed by atoms with Gasteiger partial charge in [-0.1, -0.05) is 63.2 Å². The van der Waals surface area contributed by atoms with Crippen LogP contribution in [0.1, 0.15) is 50.8 Å². The molecular formula is C22H28N2O. The molecule has 2 aromatic rings. The van der Waals surface area contributed by atoms with Gasteiger partial charge >= 0.3 is 0 Å². The quantitative estimate of drug-likeness (QED) is 0.901. The molecule has 1 aliphatic rings. The van der Waals surface area contributed by atoms with Crippen molar-refractivity contribution < 1.29 is 4.79 Å². The van der Waals surface area contributed by atoms with Crippen molar-refractivity contribution in [1.29, 1.82) is 0 Å². The number of carbonyl (C=O) groups is 1. The van der Waals surface area contributed by atoms with E-state index >= 15 is 0 Å². The van der Waals surface area contributed by atoms with Crippen LogP contribution < -0.4 is 10.6 Å². The fourth-order valence-corrected chi connectivity index (χ4v) is 3.80. The summed E-state index contributed by atoms with van der Waals surface area (Å²) in [5.74, 6) is -0.361. The molecule has 0 saturated carbocycles. The van der Waals surface area contributed by atoms with Gasteiger partial charge in [-0.15, -0.1) is 0 Å². The lowest BCUT2D eigenvalue weighted by Crippen LogP contribution is -2.44. The largest absolute Gasteiger partial charge is 0.369 e. The number of rotatable bonds is 3. The second-order valence-electron chi connectivity index (χ2n) is 8.00. The Morgan fingerprint density at radius 2 is 1.80 bits per heavy atom. The maximum absolute atomic E-state index is 12.1. The van der Waals surface area contributed by atoms with Gasteiger partial charge in [-0.2, -0.15) is 0 Å². The number of anilines is 1. The second kappa shape index (κ2) is 6.91. The highest BCUT2D eigenvalue weighted by molar-refractivity contribution is 5.79. The van der Waals surface area contributed by atoms with Crippen molar-refractivity contribution in [3.63, 3.8) is 0 Å². The van der Waals surface area contributed by atoms with E-state index in [2.05, 4.69) is 62.1 Å². The zero-order valence-corrected chi connectivity index (χ0v) is 15.4. The zero-order chi connectivity index (χ0) is 18.0. The van der Waals surface area contributed by atoms with E-state index in [1.807, 2.05) is 18.2 Å². The molecule has 1 heterocycles. The number of amides is 1. The van der Waals surface area contributed by atoms with E-state index in [9.17, 15) is 4.79 Å². The van der Waals surface area contributed by atoms with Gasteiger partial charge < -0.3 is 10.6 Å². The smallest absolute Gasteiger partial charge is 0.222 e. The highest BCUT2D eigenvalue weighted by atomic mass is 16.1. The van der Waals surface area contributed by atoms with E-state index in [0.717, 1.165) is 24.9 Å². The van der Waals surface area contributed by atoms with Gasteiger partial charge in [-0.05, 0) is 41.5 Å². The first-order valence-electron chi connectivity index (χ1n) is 9.09. The van der Waals surface area contributed by atoms with Gasteiger partial charge in [0.25, 0.3) is 0 Å². The number of nitrogens with two attached hydrogens (primary N) is 1. The predicted molar refractivity (Wildman–Crippen MR) is 104 cm³/mol. The molecule has 1 aliphatic heterocycles. The molecule has 132 valence electrons. The summed E-state index contributed by atoms with van der Waals surface area (Å²) in [5, 5.41) is 0. The van der Waals surface area contributed by atoms with Gasteiger partial charge in [0.2, 0.25) is 5.91 Å². The normalized spacial score (nSPS) is 21.2. The van der Waals surface area contributed by atoms with Crippen molar-refractivity contribution in [2.45, 2.75) is 45.1 Å². The average molecular weight is 336 g/mol. The van der Waals surface area contributed by atoms with Crippen molar-refractivity contribution in [1.82, 2.24) is 0 Å². The van der Waals surface area contributed by atoms with Crippen LogP contribution in [0.4, 0.5) is 5.69 Å². The summed E-state index contributed by atoms with van der Waals surface area (Å²) in [4.78, 5) is 14.5. The van der Waals surface area contributed by atoms with Gasteiger partial charge in [-0.3, -0.25) is 4.79 Å². The molecule has 2 unspecified atom stereocenters. The van der Waals surface area contributed by atoms with Gasteiger partial charge in [-0.25, -0.2) is 0 Å². The van der Waals surface area contributed by atoms with Gasteiger partial charge in [0.1, 0.15) is 0 Å². The number of primary amides is 1. The maximum atomic E-state index is 12.1. The summed E-state index contributed by atoms with van der Waals surface area (Å²) in [6.45, 7) is 7.62. The number of hydrogen-bond acceptors (Lipinski definition) is 2. The first-order valence-corrected chi connectivity index (χ1v) is 9.09. The van der Waals surface area contributed by atoms with Crippen LogP contribution in [0.5, 0.6) is 0 Å². The van der Waals surface area contributed by atoms with E-state index < -0.39 is 0 Å². The topological polar surface area (TPSA) is 46.3 Å². The molecule has 2 N–H and O–H groups in total. The van der Waals surface area contributed by atoms with Crippen molar-refractivity contribution in [2.75, 3.05) is 11.4 Å². The van der Waals surface area contributed by atoms with Crippen LogP contribution in [0.15, 0.2) is 54.6 Å². The summed E-state index contributed by atoms with van der Waals surface area (Å²) >= 11 is 0. The van der Waals surface area contributed by atoms with Crippen LogP contribution in [0.2, 0.25) is 0 Å². The molecule has 2 atom stereocenters. The number of piperidine rings is 1. The Morgan fingerprint density at radius 3 is 2.44 bits per heavy atom. The van der Waals surface area contributed by atoms with E-state index in [-0.39, 0.29) is 23.3 Å². The molecule has 0 radical (unpaired) electrons. The van der Waals surface area contributed by atoms with Crippen LogP contribution in [-0.2, 0) is 10.2 Å². The maximum Gasteiger partial charge on any atom is 0.222 e. The first kappa shape index (κ1) is 17.5. The van der Waals surface area contributed by atoms with Crippen molar-refractivity contribution in [3.05, 3.63) is 65.7 Å². The Labute approximate surface area is 150 Å². The Hall–Kier alpha value is -2.29. The fraction of sp³-hybridized carbons (Fsp3) is 0.409. The molecule has 3 heteroatoms. The average Bonchev–Trinajstić information content (AvgIpc) is 2.61. The highest BCUT2D eigenvalue weighted by Gasteiger charge is 2.36. The molecule has 1 fully saturated rings. The molecule has 3 nitrogen and oxygen atoms in total. The summed E-state index contributed by atoms with van der Waals surface area (Å²) in [6, 6.07) is 19.0. The minimum absolute atomic E-state index is 0.00247. The standard InChI is InChI=1S/C22H28N2O/c1-22(2,3)17-11-7-12-18(15-17)24-14-8-13-19(21(23)25)20(24)16-9-5-4-6-10-16/h4-7,9-12,15,19-20H,8,13-14H2,1-3H3,(H2,23,25). The third kappa shape index (κ3) is 3.71. The lowest BCUT2D eigenvalue weighted by Gasteiger charge is -2.42. The first-order chi connectivity index (χ1) is 11.9. The lowest BCUT2D eigenvalue weighted by molar-refractivity contribution is -0.123. The van der Waals surface area contributed by atoms with E-state index in [1.165, 1.54) is 11.3 Å². The van der Waals surface area contributed by atoms with E-state index in [0.29, 0.717) is 0 Å². The molecule has 3 rings (SSSR count). The monoisotopic (exact) mass is 336 g/mol. The minimum Gasteiger partial charge on any atom is -0.369 e. The molecule has 0 aromatic heterocycles. The number of hydrogen-bond donors (Lipinski definition) is 1. The minimum atomic E-state index is -0.203. The Bertz CT molecular complexity index is 733. The SMILES string of the molecule is CC(C)(C)c1cccc(N2CCCC(C(N)=O)C2c2ccccc2)c1. The Kier molecular flexibility index (Phi) is 4.85. The molecule has 0 bridgehead atoms. The number of nitrogens with zero attached hydrogens (tertiary/aromatic N) is 1. The third-order valence-electron chi connectivity index (χ3n) is 5.18. The Balaban J connectivity index is 2.05. The number of benzene rings is 2. The van der Waals surface area contributed by atoms with Crippen molar-refractivity contribution in [2.24, 2.45) is 11.7 Å². The molecule has 0 aliphatic carbocycles. The van der Waals surface area contributed by atoms with Crippen LogP contribution >= 0.6 is 0 Å². The summed E-state index contributed by atoms with van der Waals surface area (Å²) in [6.07, 6.45) is 1.83. The molecule has 25 heavy (non-hydrogen) atoms. The Morgan fingerprint density at radius 1 is 1.08 bits per heavy atom. The highest BCUT2D eigenvalue weighted by Crippen LogP contribution is 2.40. The molecule has 0 spiro atoms. The van der Waals surface area contributed by atoms with Gasteiger partial charge in [0.05, 0.1) is 12.0 Å². The van der Waals surface area contributed by atoms with Crippen LogP contribution in [0.3, 0.4) is 0 Å². The number of carbonyl (C=O) groups excluding carboxylic acids is 1. The zero-order valence-electron chi connectivity index (χ0n) is 15.4. The van der Waals surface area contributed by atoms with Crippen LogP contribution in [0, 0.1) is 5.92 Å². The van der Waals surface area contributed by atoms with Crippen LogP contribution in [-0.4, -0.2) is 12.5 Å². The van der Waals surface area contributed by atoms with Gasteiger partial charge in [0.15, 0.2) is 0 Å². The predicted octanol–water partition coefficient (Wildman–Crippen LogP) is 4.43. The molecule has 2 aromatic carbocycles. The molecule has 1 saturated heterocycles. The van der Waals surface area contributed by atoms with Gasteiger partial charge in [0, 0.05) is 12.2 Å². The van der Waals surface area contributed by atoms with Crippen molar-refractivity contribution in [3.8, 4) is 0 Å². The summed E-state index contributed by atoms with van der Waals surface area (Å²) in [5.41, 5.74) is 9.50. The third-order valence-corrected chi connectivity index (χ3v) is 5.18. The van der Waals surface area contributed by atoms with Crippen molar-refractivity contribution >= 4 is 11.6 Å². The summed E-state index contributed by atoms with van der Waals surface area (Å²) < 4.78 is 0. The fourth-order valence-electron chi connectivity index (χ4n) is 3.80. The summed E-state index contributed by atoms with van der Waals surface area (Å²) in [7, 11) is 0. The van der Waals surface area contributed by atoms with Crippen LogP contribution in [0.25, 0.3) is 0 Å². The van der Waals surface area contributed by atoms with E-state index in [4.69, 9.17) is 5.73 Å². The molecular weight excluding hydrogens is 308 g/mol. The molecule has 1 amide bonds. The second-order valence-corrected chi connectivity index (χ2v) is 8.00. The lowest BCUT2D eigenvalue weighted by atomic mass is 9.83. The van der Waals surface area contributed by atoms with E-state index in [1.54, 1.807) is 0 Å².